The summed E-state index contributed by atoms with van der Waals surface area (Å²) in [7, 11) is -1.23. The van der Waals surface area contributed by atoms with Crippen LogP contribution in [0.1, 0.15) is 16.8 Å². The Morgan fingerprint density at radius 2 is 2.14 bits per heavy atom. The predicted octanol–water partition coefficient (Wildman–Crippen LogP) is 3.35. The molecule has 7 heteroatoms. The molecule has 0 bridgehead atoms. The zero-order valence-corrected chi connectivity index (χ0v) is 15.7. The Bertz CT molecular complexity index is 589. The van der Waals surface area contributed by atoms with Gasteiger partial charge in [-0.2, -0.15) is 0 Å². The quantitative estimate of drug-likeness (QED) is 0.501. The minimum absolute atomic E-state index is 0.0408. The Labute approximate surface area is 142 Å². The molecule has 118 valence electrons. The van der Waals surface area contributed by atoms with Crippen molar-refractivity contribution in [2.45, 2.75) is 11.2 Å². The van der Waals surface area contributed by atoms with E-state index in [0.717, 1.165) is 15.8 Å². The second kappa shape index (κ2) is 7.44. The molecule has 0 amide bonds. The lowest BCUT2D eigenvalue weighted by Gasteiger charge is -2.17. The number of halogens is 2. The Balaban J connectivity index is 2.05. The van der Waals surface area contributed by atoms with Crippen LogP contribution in [-0.4, -0.2) is 40.2 Å². The van der Waals surface area contributed by atoms with Crippen molar-refractivity contribution in [2.75, 3.05) is 31.8 Å². The van der Waals surface area contributed by atoms with Gasteiger partial charge in [0.1, 0.15) is 12.4 Å². The maximum absolute atomic E-state index is 11.6. The highest BCUT2D eigenvalue weighted by Gasteiger charge is 2.33. The average molecular weight is 442 g/mol. The third-order valence-corrected chi connectivity index (χ3v) is 7.19. The van der Waals surface area contributed by atoms with Crippen molar-refractivity contribution in [3.8, 4) is 5.75 Å². The summed E-state index contributed by atoms with van der Waals surface area (Å²) in [4.78, 5) is 0.0408. The van der Waals surface area contributed by atoms with E-state index >= 15 is 0 Å². The molecular weight excluding hydrogens is 424 g/mol. The van der Waals surface area contributed by atoms with Crippen LogP contribution in [0.25, 0.3) is 0 Å². The Morgan fingerprint density at radius 1 is 1.38 bits per heavy atom. The van der Waals surface area contributed by atoms with Gasteiger partial charge in [0.2, 0.25) is 0 Å². The fourth-order valence-electron chi connectivity index (χ4n) is 2.37. The van der Waals surface area contributed by atoms with Crippen molar-refractivity contribution in [1.29, 1.82) is 0 Å². The summed E-state index contributed by atoms with van der Waals surface area (Å²) in [5, 5.41) is 0. The van der Waals surface area contributed by atoms with E-state index in [0.29, 0.717) is 25.4 Å². The van der Waals surface area contributed by atoms with Crippen molar-refractivity contribution >= 4 is 41.7 Å². The van der Waals surface area contributed by atoms with Crippen LogP contribution < -0.4 is 4.74 Å². The highest BCUT2D eigenvalue weighted by Crippen LogP contribution is 2.40. The van der Waals surface area contributed by atoms with E-state index in [1.54, 1.807) is 7.11 Å². The second-order valence-electron chi connectivity index (χ2n) is 5.10. The summed E-state index contributed by atoms with van der Waals surface area (Å²) in [6.45, 7) is 1.03. The van der Waals surface area contributed by atoms with E-state index in [-0.39, 0.29) is 16.5 Å². The highest BCUT2D eigenvalue weighted by atomic mass is 79.9. The van der Waals surface area contributed by atoms with E-state index in [1.807, 2.05) is 18.2 Å². The fraction of sp³-hybridized carbons (Fsp3) is 0.571. The van der Waals surface area contributed by atoms with Gasteiger partial charge < -0.3 is 9.47 Å². The number of alkyl halides is 1. The van der Waals surface area contributed by atoms with Gasteiger partial charge in [-0.1, -0.05) is 22.0 Å². The van der Waals surface area contributed by atoms with Gasteiger partial charge in [-0.25, -0.2) is 8.42 Å². The first-order valence-corrected chi connectivity index (χ1v) is 10.2. The molecule has 0 aromatic heterocycles. The van der Waals surface area contributed by atoms with Crippen LogP contribution in [0.15, 0.2) is 22.7 Å². The number of hydrogen-bond acceptors (Lipinski definition) is 4. The fourth-order valence-corrected chi connectivity index (χ4v) is 5.70. The van der Waals surface area contributed by atoms with E-state index in [4.69, 9.17) is 9.47 Å². The van der Waals surface area contributed by atoms with Crippen molar-refractivity contribution in [2.24, 2.45) is 5.92 Å². The smallest absolute Gasteiger partial charge is 0.150 e. The van der Waals surface area contributed by atoms with Crippen LogP contribution in [-0.2, 0) is 14.6 Å². The molecule has 0 aliphatic carbocycles. The topological polar surface area (TPSA) is 52.6 Å². The Morgan fingerprint density at radius 3 is 2.71 bits per heavy atom. The van der Waals surface area contributed by atoms with Gasteiger partial charge >= 0.3 is 0 Å². The van der Waals surface area contributed by atoms with Crippen LogP contribution in [0.2, 0.25) is 0 Å². The van der Waals surface area contributed by atoms with Crippen LogP contribution in [0, 0.1) is 5.92 Å². The predicted molar refractivity (Wildman–Crippen MR) is 89.9 cm³/mol. The van der Waals surface area contributed by atoms with Gasteiger partial charge in [-0.3, -0.25) is 0 Å². The molecule has 1 heterocycles. The van der Waals surface area contributed by atoms with Gasteiger partial charge in [0.25, 0.3) is 0 Å². The maximum atomic E-state index is 11.6. The number of rotatable bonds is 6. The third kappa shape index (κ3) is 4.68. The maximum Gasteiger partial charge on any atom is 0.150 e. The van der Waals surface area contributed by atoms with Crippen LogP contribution in [0.3, 0.4) is 0 Å². The number of hydrogen-bond donors (Lipinski definition) is 0. The summed E-state index contributed by atoms with van der Waals surface area (Å²) in [6, 6.07) is 5.84. The van der Waals surface area contributed by atoms with E-state index < -0.39 is 9.84 Å². The molecule has 2 rings (SSSR count). The van der Waals surface area contributed by atoms with Gasteiger partial charge in [0.15, 0.2) is 9.84 Å². The molecule has 1 aromatic rings. The minimum Gasteiger partial charge on any atom is -0.490 e. The first-order valence-electron chi connectivity index (χ1n) is 6.68. The summed E-state index contributed by atoms with van der Waals surface area (Å²) in [6.07, 6.45) is 0.710. The molecule has 1 aromatic carbocycles. The molecule has 0 radical (unpaired) electrons. The molecule has 0 spiro atoms. The number of ether oxygens (including phenoxy) is 2. The molecule has 1 aliphatic heterocycles. The Kier molecular flexibility index (Phi) is 6.11. The first-order chi connectivity index (χ1) is 9.93. The molecule has 4 nitrogen and oxygen atoms in total. The van der Waals surface area contributed by atoms with Gasteiger partial charge in [0.05, 0.1) is 22.6 Å². The monoisotopic (exact) mass is 440 g/mol. The first kappa shape index (κ1) is 17.2. The zero-order chi connectivity index (χ0) is 15.5. The molecule has 0 N–H and O–H groups in total. The number of benzene rings is 1. The molecule has 1 saturated heterocycles. The van der Waals surface area contributed by atoms with E-state index in [2.05, 4.69) is 31.9 Å². The average Bonchev–Trinajstić information content (AvgIpc) is 2.80. The zero-order valence-electron chi connectivity index (χ0n) is 11.7. The molecule has 2 unspecified atom stereocenters. The number of methoxy groups -OCH3 is 1. The summed E-state index contributed by atoms with van der Waals surface area (Å²) >= 11 is 7.13. The van der Waals surface area contributed by atoms with Crippen molar-refractivity contribution in [1.82, 2.24) is 0 Å². The normalized spacial score (nSPS) is 22.1. The van der Waals surface area contributed by atoms with Crippen LogP contribution in [0.4, 0.5) is 0 Å². The lowest BCUT2D eigenvalue weighted by molar-refractivity contribution is 0.146. The van der Waals surface area contributed by atoms with Gasteiger partial charge in [-0.15, -0.1) is 0 Å². The minimum atomic E-state index is -2.86. The molecule has 0 saturated carbocycles. The van der Waals surface area contributed by atoms with Crippen LogP contribution in [0.5, 0.6) is 5.75 Å². The van der Waals surface area contributed by atoms with Crippen LogP contribution >= 0.6 is 31.9 Å². The van der Waals surface area contributed by atoms with E-state index in [9.17, 15) is 8.42 Å². The van der Waals surface area contributed by atoms with Gasteiger partial charge in [0, 0.05) is 11.9 Å². The lowest BCUT2D eigenvalue weighted by Crippen LogP contribution is -2.10. The second-order valence-corrected chi connectivity index (χ2v) is 9.17. The summed E-state index contributed by atoms with van der Waals surface area (Å²) in [5.41, 5.74) is 1.06. The van der Waals surface area contributed by atoms with Crippen molar-refractivity contribution in [3.05, 3.63) is 28.2 Å². The van der Waals surface area contributed by atoms with Crippen molar-refractivity contribution < 1.29 is 17.9 Å². The molecule has 1 fully saturated rings. The SMILES string of the molecule is COCCOc1ccc(C(Br)C2CCS(=O)(=O)C2)cc1Br. The van der Waals surface area contributed by atoms with E-state index in [1.165, 1.54) is 0 Å². The largest absolute Gasteiger partial charge is 0.490 e. The lowest BCUT2D eigenvalue weighted by atomic mass is 9.99. The van der Waals surface area contributed by atoms with Crippen molar-refractivity contribution in [3.63, 3.8) is 0 Å². The molecule has 2 atom stereocenters. The third-order valence-electron chi connectivity index (χ3n) is 3.50. The molecule has 21 heavy (non-hydrogen) atoms. The summed E-state index contributed by atoms with van der Waals surface area (Å²) in [5.74, 6) is 1.43. The van der Waals surface area contributed by atoms with Gasteiger partial charge in [-0.05, 0) is 46.0 Å². The molecule has 1 aliphatic rings. The Hall–Kier alpha value is -0.110. The molecular formula is C14H18Br2O4S. The highest BCUT2D eigenvalue weighted by molar-refractivity contribution is 9.10. The number of sulfone groups is 1. The standard InChI is InChI=1S/C14H18Br2O4S/c1-19-5-6-20-13-3-2-10(8-12(13)15)14(16)11-4-7-21(17,18)9-11/h2-3,8,11,14H,4-7,9H2,1H3. The summed E-state index contributed by atoms with van der Waals surface area (Å²) < 4.78 is 34.6.